The predicted molar refractivity (Wildman–Crippen MR) is 108 cm³/mol. The quantitative estimate of drug-likeness (QED) is 0.726. The molecule has 0 saturated carbocycles. The molecule has 1 unspecified atom stereocenters. The molecule has 0 fully saturated rings. The highest BCUT2D eigenvalue weighted by Gasteiger charge is 2.22. The third kappa shape index (κ3) is 4.29. The molecule has 1 atom stereocenters. The average molecular weight is 348 g/mol. The van der Waals surface area contributed by atoms with Crippen LogP contribution in [0, 0.1) is 13.8 Å². The molecule has 136 valence electrons. The largest absolute Gasteiger partial charge is 0.305 e. The Morgan fingerprint density at radius 1 is 1.12 bits per heavy atom. The summed E-state index contributed by atoms with van der Waals surface area (Å²) in [6.45, 7) is 5.08. The van der Waals surface area contributed by atoms with Crippen LogP contribution in [0.5, 0.6) is 0 Å². The van der Waals surface area contributed by atoms with Crippen molar-refractivity contribution < 1.29 is 4.84 Å². The van der Waals surface area contributed by atoms with Crippen molar-refractivity contribution in [3.05, 3.63) is 82.1 Å². The maximum atomic E-state index is 5.01. The first-order valence-electron chi connectivity index (χ1n) is 9.34. The fraction of sp³-hybridized carbons (Fsp3) is 0.348. The summed E-state index contributed by atoms with van der Waals surface area (Å²) in [7, 11) is 1.65. The molecule has 3 nitrogen and oxygen atoms in total. The van der Waals surface area contributed by atoms with E-state index in [-0.39, 0.29) is 5.92 Å². The summed E-state index contributed by atoms with van der Waals surface area (Å²) in [6, 6.07) is 15.3. The highest BCUT2D eigenvalue weighted by Crippen LogP contribution is 2.36. The van der Waals surface area contributed by atoms with Gasteiger partial charge in [-0.05, 0) is 60.9 Å². The maximum absolute atomic E-state index is 5.01. The van der Waals surface area contributed by atoms with Gasteiger partial charge in [-0.25, -0.2) is 0 Å². The number of hydrogen-bond acceptors (Lipinski definition) is 3. The summed E-state index contributed by atoms with van der Waals surface area (Å²) in [5.74, 6) is 0.159. The number of hydrogen-bond donors (Lipinski definition) is 1. The van der Waals surface area contributed by atoms with Gasteiger partial charge in [0.05, 0.1) is 13.0 Å². The minimum atomic E-state index is 0.159. The number of allylic oxidation sites excluding steroid dienone is 2. The van der Waals surface area contributed by atoms with Crippen LogP contribution < -0.4 is 5.48 Å². The summed E-state index contributed by atoms with van der Waals surface area (Å²) in [6.07, 6.45) is 7.70. The van der Waals surface area contributed by atoms with E-state index in [2.05, 4.69) is 74.1 Å². The first-order chi connectivity index (χ1) is 12.7. The number of hydroxylamine groups is 1. The number of aliphatic imine (C=N–C) groups is 1. The van der Waals surface area contributed by atoms with Crippen molar-refractivity contribution in [3.8, 4) is 0 Å². The van der Waals surface area contributed by atoms with Gasteiger partial charge in [0.15, 0.2) is 0 Å². The molecule has 3 heteroatoms. The summed E-state index contributed by atoms with van der Waals surface area (Å²) in [4.78, 5) is 9.85. The lowest BCUT2D eigenvalue weighted by molar-refractivity contribution is 0.0867. The lowest BCUT2D eigenvalue weighted by Crippen LogP contribution is -2.12. The van der Waals surface area contributed by atoms with Crippen LogP contribution in [0.25, 0.3) is 0 Å². The van der Waals surface area contributed by atoms with Crippen molar-refractivity contribution in [3.63, 3.8) is 0 Å². The molecule has 1 aliphatic rings. The molecule has 0 radical (unpaired) electrons. The number of aryl methyl sites for hydroxylation is 1. The molecule has 0 aliphatic carbocycles. The van der Waals surface area contributed by atoms with E-state index in [4.69, 9.17) is 9.83 Å². The fourth-order valence-corrected chi connectivity index (χ4v) is 3.51. The first-order valence-corrected chi connectivity index (χ1v) is 9.34. The second-order valence-corrected chi connectivity index (χ2v) is 6.86. The summed E-state index contributed by atoms with van der Waals surface area (Å²) < 4.78 is 0. The monoisotopic (exact) mass is 348 g/mol. The molecule has 3 rings (SSSR count). The lowest BCUT2D eigenvalue weighted by Gasteiger charge is -2.22. The van der Waals surface area contributed by atoms with Gasteiger partial charge in [-0.1, -0.05) is 48.5 Å². The van der Waals surface area contributed by atoms with Crippen LogP contribution in [-0.2, 0) is 11.4 Å². The van der Waals surface area contributed by atoms with Gasteiger partial charge in [0, 0.05) is 18.5 Å². The van der Waals surface area contributed by atoms with Crippen molar-refractivity contribution in [1.82, 2.24) is 5.48 Å². The van der Waals surface area contributed by atoms with Crippen LogP contribution in [0.15, 0.2) is 59.2 Å². The van der Waals surface area contributed by atoms with E-state index in [9.17, 15) is 0 Å². The molecule has 0 spiro atoms. The molecular weight excluding hydrogens is 320 g/mol. The fourth-order valence-electron chi connectivity index (χ4n) is 3.51. The Balaban J connectivity index is 2.09. The Morgan fingerprint density at radius 2 is 1.96 bits per heavy atom. The Morgan fingerprint density at radius 3 is 2.81 bits per heavy atom. The van der Waals surface area contributed by atoms with Gasteiger partial charge >= 0.3 is 0 Å². The van der Waals surface area contributed by atoms with Crippen molar-refractivity contribution >= 4 is 6.21 Å². The summed E-state index contributed by atoms with van der Waals surface area (Å²) in [5, 5.41) is 0. The second-order valence-electron chi connectivity index (χ2n) is 6.86. The van der Waals surface area contributed by atoms with Gasteiger partial charge in [0.2, 0.25) is 0 Å². The summed E-state index contributed by atoms with van der Waals surface area (Å²) in [5.41, 5.74) is 10.6. The highest BCUT2D eigenvalue weighted by molar-refractivity contribution is 5.61. The Bertz CT molecular complexity index is 808. The van der Waals surface area contributed by atoms with E-state index in [1.54, 1.807) is 7.11 Å². The van der Waals surface area contributed by atoms with Crippen LogP contribution in [0.3, 0.4) is 0 Å². The van der Waals surface area contributed by atoms with Crippen molar-refractivity contribution in [2.24, 2.45) is 4.99 Å². The van der Waals surface area contributed by atoms with E-state index in [1.165, 1.54) is 34.2 Å². The molecule has 1 N–H and O–H groups in total. The summed E-state index contributed by atoms with van der Waals surface area (Å²) >= 11 is 0. The van der Waals surface area contributed by atoms with Gasteiger partial charge in [0.1, 0.15) is 0 Å². The Kier molecular flexibility index (Phi) is 6.37. The van der Waals surface area contributed by atoms with Gasteiger partial charge in [-0.15, -0.1) is 0 Å². The standard InChI is InChI=1S/C23H28N2O/c1-17-9-7-12-21(18(17)2)23(22-13-5-4-6-14-24-22)20-11-8-10-19(15-20)16-25-26-3/h7-15,23,25H,4-6,16H2,1-3H3. The third-order valence-electron chi connectivity index (χ3n) is 5.09. The van der Waals surface area contributed by atoms with Crippen LogP contribution in [0.1, 0.15) is 53.0 Å². The maximum Gasteiger partial charge on any atom is 0.0572 e. The molecule has 2 aromatic rings. The molecule has 0 aromatic heterocycles. The molecule has 1 heterocycles. The van der Waals surface area contributed by atoms with Crippen molar-refractivity contribution in [2.75, 3.05) is 7.11 Å². The molecule has 2 aromatic carbocycles. The number of nitrogens with one attached hydrogen (secondary N) is 1. The molecule has 0 bridgehead atoms. The van der Waals surface area contributed by atoms with Crippen molar-refractivity contribution in [1.29, 1.82) is 0 Å². The smallest absolute Gasteiger partial charge is 0.0572 e. The molecular formula is C23H28N2O. The third-order valence-corrected chi connectivity index (χ3v) is 5.09. The zero-order valence-electron chi connectivity index (χ0n) is 16.0. The lowest BCUT2D eigenvalue weighted by atomic mass is 9.84. The van der Waals surface area contributed by atoms with E-state index in [0.717, 1.165) is 18.5 Å². The predicted octanol–water partition coefficient (Wildman–Crippen LogP) is 5.22. The zero-order chi connectivity index (χ0) is 18.4. The van der Waals surface area contributed by atoms with Gasteiger partial charge in [-0.3, -0.25) is 4.99 Å². The molecule has 26 heavy (non-hydrogen) atoms. The zero-order valence-corrected chi connectivity index (χ0v) is 16.0. The van der Waals surface area contributed by atoms with E-state index < -0.39 is 0 Å². The second kappa shape index (κ2) is 8.93. The van der Waals surface area contributed by atoms with Crippen LogP contribution in [-0.4, -0.2) is 13.3 Å². The minimum Gasteiger partial charge on any atom is -0.305 e. The van der Waals surface area contributed by atoms with Crippen LogP contribution in [0.4, 0.5) is 0 Å². The van der Waals surface area contributed by atoms with Gasteiger partial charge < -0.3 is 4.84 Å². The van der Waals surface area contributed by atoms with E-state index in [1.807, 2.05) is 0 Å². The SMILES string of the molecule is CONCc1cccc(C(C2=CCCCC=N2)c2cccc(C)c2C)c1. The Labute approximate surface area is 156 Å². The molecule has 1 aliphatic heterocycles. The van der Waals surface area contributed by atoms with Crippen LogP contribution in [0.2, 0.25) is 0 Å². The van der Waals surface area contributed by atoms with Crippen LogP contribution >= 0.6 is 0 Å². The van der Waals surface area contributed by atoms with Gasteiger partial charge in [0.25, 0.3) is 0 Å². The number of benzene rings is 2. The number of rotatable bonds is 6. The van der Waals surface area contributed by atoms with E-state index in [0.29, 0.717) is 6.54 Å². The number of nitrogens with zero attached hydrogens (tertiary/aromatic N) is 1. The molecule has 0 saturated heterocycles. The van der Waals surface area contributed by atoms with E-state index >= 15 is 0 Å². The topological polar surface area (TPSA) is 33.6 Å². The Hall–Kier alpha value is -2.23. The van der Waals surface area contributed by atoms with Crippen molar-refractivity contribution in [2.45, 2.75) is 45.6 Å². The molecule has 0 amide bonds. The average Bonchev–Trinajstić information content (AvgIpc) is 2.93. The normalized spacial score (nSPS) is 15.4. The minimum absolute atomic E-state index is 0.159. The first kappa shape index (κ1) is 18.6. The highest BCUT2D eigenvalue weighted by atomic mass is 16.6. The van der Waals surface area contributed by atoms with Gasteiger partial charge in [-0.2, -0.15) is 5.48 Å².